The van der Waals surface area contributed by atoms with Crippen LogP contribution < -0.4 is 14.8 Å². The van der Waals surface area contributed by atoms with E-state index in [0.717, 1.165) is 35.5 Å². The zero-order valence-corrected chi connectivity index (χ0v) is 13.2. The number of rotatable bonds is 5. The molecule has 0 aliphatic carbocycles. The van der Waals surface area contributed by atoms with Crippen LogP contribution in [0.1, 0.15) is 30.0 Å². The van der Waals surface area contributed by atoms with Gasteiger partial charge in [0.1, 0.15) is 11.5 Å². The van der Waals surface area contributed by atoms with Crippen molar-refractivity contribution in [3.63, 3.8) is 0 Å². The van der Waals surface area contributed by atoms with Crippen LogP contribution in [-0.4, -0.2) is 19.6 Å². The molecule has 23 heavy (non-hydrogen) atoms. The van der Waals surface area contributed by atoms with Gasteiger partial charge in [0.2, 0.25) is 5.91 Å². The molecule has 0 saturated heterocycles. The summed E-state index contributed by atoms with van der Waals surface area (Å²) in [6.07, 6.45) is 2.01. The second-order valence-electron chi connectivity index (χ2n) is 5.64. The fourth-order valence-electron chi connectivity index (χ4n) is 2.81. The van der Waals surface area contributed by atoms with Gasteiger partial charge in [-0.15, -0.1) is 0 Å². The molecule has 3 rings (SSSR count). The van der Waals surface area contributed by atoms with Crippen molar-refractivity contribution in [1.82, 2.24) is 5.32 Å². The lowest BCUT2D eigenvalue weighted by molar-refractivity contribution is -0.122. The zero-order valence-electron chi connectivity index (χ0n) is 13.2. The van der Waals surface area contributed by atoms with Crippen molar-refractivity contribution in [3.8, 4) is 11.5 Å². The van der Waals surface area contributed by atoms with Crippen molar-refractivity contribution < 1.29 is 14.3 Å². The average Bonchev–Trinajstić information content (AvgIpc) is 2.61. The van der Waals surface area contributed by atoms with Crippen LogP contribution in [0.25, 0.3) is 0 Å². The number of aryl methyl sites for hydroxylation is 1. The third kappa shape index (κ3) is 3.83. The van der Waals surface area contributed by atoms with Crippen LogP contribution in [0.4, 0.5) is 0 Å². The van der Waals surface area contributed by atoms with Gasteiger partial charge in [-0.2, -0.15) is 0 Å². The van der Waals surface area contributed by atoms with Crippen LogP contribution >= 0.6 is 0 Å². The maximum atomic E-state index is 12.2. The molecule has 1 aliphatic heterocycles. The maximum absolute atomic E-state index is 12.2. The number of amides is 1. The molecule has 0 aromatic heterocycles. The first kappa shape index (κ1) is 15.4. The van der Waals surface area contributed by atoms with Gasteiger partial charge in [0.25, 0.3) is 0 Å². The third-order valence-corrected chi connectivity index (χ3v) is 4.09. The minimum Gasteiger partial charge on any atom is -0.497 e. The fraction of sp³-hybridized carbons (Fsp3) is 0.316. The summed E-state index contributed by atoms with van der Waals surface area (Å²) in [5, 5.41) is 3.12. The molecule has 0 radical (unpaired) electrons. The summed E-state index contributed by atoms with van der Waals surface area (Å²) in [6.45, 7) is 0.639. The Labute approximate surface area is 136 Å². The molecule has 1 heterocycles. The van der Waals surface area contributed by atoms with E-state index in [1.54, 1.807) is 7.11 Å². The Kier molecular flexibility index (Phi) is 4.81. The topological polar surface area (TPSA) is 47.6 Å². The number of methoxy groups -OCH3 is 1. The normalized spacial score (nSPS) is 16.1. The molecular formula is C19H21NO3. The molecule has 1 amide bonds. The Morgan fingerprint density at radius 1 is 1.22 bits per heavy atom. The van der Waals surface area contributed by atoms with Crippen molar-refractivity contribution in [2.75, 3.05) is 13.7 Å². The van der Waals surface area contributed by atoms with E-state index in [4.69, 9.17) is 9.47 Å². The molecular weight excluding hydrogens is 290 g/mol. The Bertz CT molecular complexity index is 667. The van der Waals surface area contributed by atoms with Crippen LogP contribution in [0.5, 0.6) is 11.5 Å². The molecule has 1 unspecified atom stereocenters. The minimum absolute atomic E-state index is 0.0447. The SMILES string of the molecule is COc1ccc(CCC(=O)NC2CCOc3ccccc32)cc1. The highest BCUT2D eigenvalue weighted by Crippen LogP contribution is 2.31. The van der Waals surface area contributed by atoms with E-state index in [1.165, 1.54) is 0 Å². The first-order chi connectivity index (χ1) is 11.3. The number of benzene rings is 2. The molecule has 1 atom stereocenters. The second kappa shape index (κ2) is 7.18. The molecule has 4 heteroatoms. The number of carbonyl (C=O) groups excluding carboxylic acids is 1. The second-order valence-corrected chi connectivity index (χ2v) is 5.64. The first-order valence-corrected chi connectivity index (χ1v) is 7.90. The molecule has 1 N–H and O–H groups in total. The monoisotopic (exact) mass is 311 g/mol. The van der Waals surface area contributed by atoms with Gasteiger partial charge in [-0.05, 0) is 30.2 Å². The van der Waals surface area contributed by atoms with Gasteiger partial charge < -0.3 is 14.8 Å². The lowest BCUT2D eigenvalue weighted by Crippen LogP contribution is -2.32. The van der Waals surface area contributed by atoms with Crippen LogP contribution in [0.2, 0.25) is 0 Å². The summed E-state index contributed by atoms with van der Waals surface area (Å²) in [5.74, 6) is 1.78. The predicted molar refractivity (Wildman–Crippen MR) is 88.8 cm³/mol. The van der Waals surface area contributed by atoms with Gasteiger partial charge in [-0.25, -0.2) is 0 Å². The standard InChI is InChI=1S/C19H21NO3/c1-22-15-9-6-14(7-10-15)8-11-19(21)20-17-12-13-23-18-5-3-2-4-16(17)18/h2-7,9-10,17H,8,11-13H2,1H3,(H,20,21). The first-order valence-electron chi connectivity index (χ1n) is 7.90. The van der Waals surface area contributed by atoms with E-state index in [-0.39, 0.29) is 11.9 Å². The summed E-state index contributed by atoms with van der Waals surface area (Å²) in [4.78, 5) is 12.2. The van der Waals surface area contributed by atoms with Gasteiger partial charge in [-0.3, -0.25) is 4.79 Å². The molecule has 0 saturated carbocycles. The Balaban J connectivity index is 1.55. The molecule has 4 nitrogen and oxygen atoms in total. The van der Waals surface area contributed by atoms with E-state index in [0.29, 0.717) is 13.0 Å². The minimum atomic E-state index is 0.0447. The fourth-order valence-corrected chi connectivity index (χ4v) is 2.81. The van der Waals surface area contributed by atoms with Crippen molar-refractivity contribution in [2.45, 2.75) is 25.3 Å². The van der Waals surface area contributed by atoms with Gasteiger partial charge in [0.05, 0.1) is 19.8 Å². The largest absolute Gasteiger partial charge is 0.497 e. The number of nitrogens with one attached hydrogen (secondary N) is 1. The van der Waals surface area contributed by atoms with Crippen molar-refractivity contribution in [2.24, 2.45) is 0 Å². The molecule has 1 aliphatic rings. The van der Waals surface area contributed by atoms with Crippen molar-refractivity contribution in [3.05, 3.63) is 59.7 Å². The van der Waals surface area contributed by atoms with Crippen LogP contribution in [-0.2, 0) is 11.2 Å². The highest BCUT2D eigenvalue weighted by molar-refractivity contribution is 5.77. The van der Waals surface area contributed by atoms with Gasteiger partial charge in [-0.1, -0.05) is 30.3 Å². The lowest BCUT2D eigenvalue weighted by Gasteiger charge is -2.26. The van der Waals surface area contributed by atoms with Gasteiger partial charge in [0.15, 0.2) is 0 Å². The lowest BCUT2D eigenvalue weighted by atomic mass is 10.00. The molecule has 0 spiro atoms. The van der Waals surface area contributed by atoms with E-state index >= 15 is 0 Å². The van der Waals surface area contributed by atoms with Crippen LogP contribution in [0, 0.1) is 0 Å². The zero-order chi connectivity index (χ0) is 16.1. The van der Waals surface area contributed by atoms with E-state index < -0.39 is 0 Å². The Morgan fingerprint density at radius 3 is 2.78 bits per heavy atom. The van der Waals surface area contributed by atoms with Crippen molar-refractivity contribution >= 4 is 5.91 Å². The maximum Gasteiger partial charge on any atom is 0.220 e. The molecule has 2 aromatic carbocycles. The number of para-hydroxylation sites is 1. The summed E-state index contributed by atoms with van der Waals surface area (Å²) >= 11 is 0. The summed E-state index contributed by atoms with van der Waals surface area (Å²) in [6, 6.07) is 15.8. The average molecular weight is 311 g/mol. The third-order valence-electron chi connectivity index (χ3n) is 4.09. The highest BCUT2D eigenvalue weighted by Gasteiger charge is 2.22. The van der Waals surface area contributed by atoms with Crippen molar-refractivity contribution in [1.29, 1.82) is 0 Å². The molecule has 0 bridgehead atoms. The predicted octanol–water partition coefficient (Wildman–Crippen LogP) is 3.27. The van der Waals surface area contributed by atoms with E-state index in [1.807, 2.05) is 48.5 Å². The Hall–Kier alpha value is -2.49. The number of carbonyl (C=O) groups is 1. The highest BCUT2D eigenvalue weighted by atomic mass is 16.5. The van der Waals surface area contributed by atoms with Crippen LogP contribution in [0.3, 0.4) is 0 Å². The molecule has 120 valence electrons. The number of hydrogen-bond acceptors (Lipinski definition) is 3. The van der Waals surface area contributed by atoms with E-state index in [9.17, 15) is 4.79 Å². The summed E-state index contributed by atoms with van der Waals surface area (Å²) in [7, 11) is 1.65. The summed E-state index contributed by atoms with van der Waals surface area (Å²) < 4.78 is 10.8. The molecule has 2 aromatic rings. The molecule has 0 fully saturated rings. The summed E-state index contributed by atoms with van der Waals surface area (Å²) in [5.41, 5.74) is 2.20. The smallest absolute Gasteiger partial charge is 0.220 e. The van der Waals surface area contributed by atoms with Gasteiger partial charge in [0, 0.05) is 18.4 Å². The number of ether oxygens (including phenoxy) is 2. The quantitative estimate of drug-likeness (QED) is 0.922. The number of hydrogen-bond donors (Lipinski definition) is 1. The number of fused-ring (bicyclic) bond motifs is 1. The Morgan fingerprint density at radius 2 is 2.00 bits per heavy atom. The van der Waals surface area contributed by atoms with E-state index in [2.05, 4.69) is 5.32 Å². The van der Waals surface area contributed by atoms with Crippen LogP contribution in [0.15, 0.2) is 48.5 Å². The van der Waals surface area contributed by atoms with Gasteiger partial charge >= 0.3 is 0 Å².